The van der Waals surface area contributed by atoms with Crippen LogP contribution in [0.5, 0.6) is 0 Å². The third kappa shape index (κ3) is 5.82. The summed E-state index contributed by atoms with van der Waals surface area (Å²) in [6.07, 6.45) is 0.721. The Bertz CT molecular complexity index is 182. The molecule has 0 aliphatic carbocycles. The summed E-state index contributed by atoms with van der Waals surface area (Å²) in [4.78, 5) is 11.3. The quantitative estimate of drug-likeness (QED) is 0.731. The maximum absolute atomic E-state index is 11.3. The summed E-state index contributed by atoms with van der Waals surface area (Å²) in [6.45, 7) is 8.41. The summed E-state index contributed by atoms with van der Waals surface area (Å²) in [6, 6.07) is -0.228. The summed E-state index contributed by atoms with van der Waals surface area (Å²) in [5.74, 6) is -0.196. The van der Waals surface area contributed by atoms with Crippen LogP contribution in [0.3, 0.4) is 0 Å². The molecule has 1 N–H and O–H groups in total. The van der Waals surface area contributed by atoms with Crippen LogP contribution >= 0.6 is 15.9 Å². The third-order valence-electron chi connectivity index (χ3n) is 1.52. The number of nitrogens with one attached hydrogen (secondary N) is 1. The number of carbonyl (C=O) groups excluding carboxylic acids is 1. The molecule has 0 aliphatic rings. The van der Waals surface area contributed by atoms with E-state index in [4.69, 9.17) is 4.74 Å². The van der Waals surface area contributed by atoms with E-state index in [9.17, 15) is 4.79 Å². The monoisotopic (exact) mass is 249 g/mol. The third-order valence-corrected chi connectivity index (χ3v) is 1.80. The SMILES string of the molecule is C=C(Br)CNC(CC)C(=O)OCC. The largest absolute Gasteiger partial charge is 0.465 e. The van der Waals surface area contributed by atoms with Gasteiger partial charge in [0.05, 0.1) is 6.61 Å². The molecule has 0 bridgehead atoms. The van der Waals surface area contributed by atoms with Gasteiger partial charge in [-0.15, -0.1) is 0 Å². The average Bonchev–Trinajstić information content (AvgIpc) is 2.05. The van der Waals surface area contributed by atoms with Crippen LogP contribution in [0.15, 0.2) is 11.1 Å². The summed E-state index contributed by atoms with van der Waals surface area (Å²) >= 11 is 3.21. The highest BCUT2D eigenvalue weighted by molar-refractivity contribution is 9.11. The van der Waals surface area contributed by atoms with Crippen LogP contribution in [-0.2, 0) is 9.53 Å². The first-order chi connectivity index (χ1) is 6.11. The van der Waals surface area contributed by atoms with E-state index < -0.39 is 0 Å². The Kier molecular flexibility index (Phi) is 6.90. The molecular formula is C9H16BrNO2. The van der Waals surface area contributed by atoms with Crippen molar-refractivity contribution in [1.29, 1.82) is 0 Å². The molecule has 0 aromatic carbocycles. The van der Waals surface area contributed by atoms with Crippen LogP contribution in [0.4, 0.5) is 0 Å². The minimum absolute atomic E-state index is 0.196. The van der Waals surface area contributed by atoms with Crippen molar-refractivity contribution >= 4 is 21.9 Å². The van der Waals surface area contributed by atoms with Crippen LogP contribution in [0.25, 0.3) is 0 Å². The van der Waals surface area contributed by atoms with Gasteiger partial charge in [0.15, 0.2) is 0 Å². The lowest BCUT2D eigenvalue weighted by atomic mass is 10.2. The molecule has 0 radical (unpaired) electrons. The fourth-order valence-electron chi connectivity index (χ4n) is 0.871. The van der Waals surface area contributed by atoms with Crippen molar-refractivity contribution in [2.45, 2.75) is 26.3 Å². The molecule has 1 atom stereocenters. The van der Waals surface area contributed by atoms with Gasteiger partial charge >= 0.3 is 5.97 Å². The number of hydrogen-bond acceptors (Lipinski definition) is 3. The molecule has 0 rings (SSSR count). The molecule has 13 heavy (non-hydrogen) atoms. The smallest absolute Gasteiger partial charge is 0.323 e. The fraction of sp³-hybridized carbons (Fsp3) is 0.667. The number of rotatable bonds is 6. The van der Waals surface area contributed by atoms with Crippen molar-refractivity contribution < 1.29 is 9.53 Å². The zero-order valence-corrected chi connectivity index (χ0v) is 9.69. The van der Waals surface area contributed by atoms with Crippen molar-refractivity contribution in [3.05, 3.63) is 11.1 Å². The van der Waals surface area contributed by atoms with Gasteiger partial charge in [0, 0.05) is 11.0 Å². The molecule has 0 fully saturated rings. The molecule has 0 amide bonds. The highest BCUT2D eigenvalue weighted by Gasteiger charge is 2.16. The van der Waals surface area contributed by atoms with Crippen molar-refractivity contribution in [3.8, 4) is 0 Å². The Balaban J connectivity index is 3.87. The average molecular weight is 250 g/mol. The van der Waals surface area contributed by atoms with Crippen LogP contribution in [0, 0.1) is 0 Å². The van der Waals surface area contributed by atoms with E-state index in [1.165, 1.54) is 0 Å². The van der Waals surface area contributed by atoms with Crippen LogP contribution in [0.1, 0.15) is 20.3 Å². The minimum atomic E-state index is -0.228. The molecule has 0 saturated heterocycles. The Labute approximate surface area is 87.7 Å². The van der Waals surface area contributed by atoms with E-state index in [-0.39, 0.29) is 12.0 Å². The predicted octanol–water partition coefficient (Wildman–Crippen LogP) is 1.83. The fourth-order valence-corrected chi connectivity index (χ4v) is 1.03. The second-order valence-corrected chi connectivity index (χ2v) is 3.73. The van der Waals surface area contributed by atoms with Crippen molar-refractivity contribution in [2.75, 3.05) is 13.2 Å². The van der Waals surface area contributed by atoms with Gasteiger partial charge in [0.2, 0.25) is 0 Å². The number of halogens is 1. The lowest BCUT2D eigenvalue weighted by molar-refractivity contribution is -0.145. The highest BCUT2D eigenvalue weighted by Crippen LogP contribution is 2.00. The summed E-state index contributed by atoms with van der Waals surface area (Å²) < 4.78 is 5.71. The summed E-state index contributed by atoms with van der Waals surface area (Å²) in [7, 11) is 0. The predicted molar refractivity (Wildman–Crippen MR) is 56.8 cm³/mol. The van der Waals surface area contributed by atoms with E-state index in [0.29, 0.717) is 13.2 Å². The first-order valence-electron chi connectivity index (χ1n) is 4.35. The van der Waals surface area contributed by atoms with E-state index in [1.54, 1.807) is 6.92 Å². The van der Waals surface area contributed by atoms with E-state index in [2.05, 4.69) is 27.8 Å². The molecule has 4 heteroatoms. The normalized spacial score (nSPS) is 12.2. The second kappa shape index (κ2) is 7.09. The molecule has 0 aliphatic heterocycles. The van der Waals surface area contributed by atoms with E-state index >= 15 is 0 Å². The van der Waals surface area contributed by atoms with Gasteiger partial charge in [-0.05, 0) is 13.3 Å². The van der Waals surface area contributed by atoms with Crippen molar-refractivity contribution in [1.82, 2.24) is 5.32 Å². The molecular weight excluding hydrogens is 234 g/mol. The van der Waals surface area contributed by atoms with E-state index in [0.717, 1.165) is 10.9 Å². The number of hydrogen-bond donors (Lipinski definition) is 1. The molecule has 1 unspecified atom stereocenters. The Morgan fingerprint density at radius 3 is 2.62 bits per heavy atom. The molecule has 3 nitrogen and oxygen atoms in total. The molecule has 0 heterocycles. The lowest BCUT2D eigenvalue weighted by Gasteiger charge is -2.14. The molecule has 0 spiro atoms. The van der Waals surface area contributed by atoms with Crippen LogP contribution in [-0.4, -0.2) is 25.2 Å². The maximum atomic E-state index is 11.3. The zero-order valence-electron chi connectivity index (χ0n) is 8.10. The van der Waals surface area contributed by atoms with Crippen LogP contribution < -0.4 is 5.32 Å². The maximum Gasteiger partial charge on any atom is 0.323 e. The highest BCUT2D eigenvalue weighted by atomic mass is 79.9. The standard InChI is InChI=1S/C9H16BrNO2/c1-4-8(9(12)13-5-2)11-6-7(3)10/h8,11H,3-6H2,1-2H3. The van der Waals surface area contributed by atoms with Gasteiger partial charge in [0.25, 0.3) is 0 Å². The number of ether oxygens (including phenoxy) is 1. The molecule has 76 valence electrons. The van der Waals surface area contributed by atoms with Gasteiger partial charge < -0.3 is 4.74 Å². The lowest BCUT2D eigenvalue weighted by Crippen LogP contribution is -2.38. The zero-order chi connectivity index (χ0) is 10.3. The van der Waals surface area contributed by atoms with Gasteiger partial charge in [-0.3, -0.25) is 10.1 Å². The topological polar surface area (TPSA) is 38.3 Å². The molecule has 0 saturated carbocycles. The summed E-state index contributed by atoms with van der Waals surface area (Å²) in [5, 5.41) is 3.03. The van der Waals surface area contributed by atoms with Gasteiger partial charge in [-0.1, -0.05) is 29.4 Å². The Hall–Kier alpha value is -0.350. The number of carbonyl (C=O) groups is 1. The summed E-state index contributed by atoms with van der Waals surface area (Å²) in [5.41, 5.74) is 0. The van der Waals surface area contributed by atoms with Crippen molar-refractivity contribution in [2.24, 2.45) is 0 Å². The van der Waals surface area contributed by atoms with Gasteiger partial charge in [-0.25, -0.2) is 0 Å². The second-order valence-electron chi connectivity index (χ2n) is 2.61. The Morgan fingerprint density at radius 2 is 2.23 bits per heavy atom. The number of esters is 1. The van der Waals surface area contributed by atoms with Crippen molar-refractivity contribution in [3.63, 3.8) is 0 Å². The van der Waals surface area contributed by atoms with Gasteiger partial charge in [-0.2, -0.15) is 0 Å². The Morgan fingerprint density at radius 1 is 1.62 bits per heavy atom. The van der Waals surface area contributed by atoms with Crippen LogP contribution in [0.2, 0.25) is 0 Å². The van der Waals surface area contributed by atoms with Gasteiger partial charge in [0.1, 0.15) is 6.04 Å². The van der Waals surface area contributed by atoms with E-state index in [1.807, 2.05) is 6.92 Å². The molecule has 0 aromatic rings. The first kappa shape index (κ1) is 12.7. The first-order valence-corrected chi connectivity index (χ1v) is 5.14. The minimum Gasteiger partial charge on any atom is -0.465 e. The molecule has 0 aromatic heterocycles.